The lowest BCUT2D eigenvalue weighted by atomic mass is 9.87. The number of nitrogens with one attached hydrogen (secondary N) is 3. The van der Waals surface area contributed by atoms with Crippen LogP contribution in [0.15, 0.2) is 54.6 Å². The third-order valence-electron chi connectivity index (χ3n) is 4.75. The van der Waals surface area contributed by atoms with E-state index in [0.29, 0.717) is 6.42 Å². The molecule has 3 amide bonds. The van der Waals surface area contributed by atoms with Gasteiger partial charge in [0.1, 0.15) is 5.54 Å². The van der Waals surface area contributed by atoms with Gasteiger partial charge >= 0.3 is 6.03 Å². The average Bonchev–Trinajstić information content (AvgIpc) is 2.94. The summed E-state index contributed by atoms with van der Waals surface area (Å²) in [6, 6.07) is 16.4. The molecule has 0 bridgehead atoms. The Balaban J connectivity index is 1.78. The van der Waals surface area contributed by atoms with Gasteiger partial charge in [0, 0.05) is 5.69 Å². The maximum Gasteiger partial charge on any atom is 0.344 e. The van der Waals surface area contributed by atoms with Crippen molar-refractivity contribution < 1.29 is 9.59 Å². The molecule has 0 unspecified atom stereocenters. The molecular formula is C20H22N4O2S. The highest BCUT2D eigenvalue weighted by Gasteiger charge is 2.51. The first-order valence-corrected chi connectivity index (χ1v) is 9.30. The monoisotopic (exact) mass is 382 g/mol. The van der Waals surface area contributed by atoms with E-state index in [2.05, 4.69) is 16.1 Å². The largest absolute Gasteiger partial charge is 0.344 e. The first kappa shape index (κ1) is 18.8. The zero-order valence-corrected chi connectivity index (χ0v) is 16.1. The maximum absolute atomic E-state index is 13.1. The summed E-state index contributed by atoms with van der Waals surface area (Å²) in [7, 11) is 0. The number of benzene rings is 2. The lowest BCUT2D eigenvalue weighted by Gasteiger charge is -2.26. The molecular weight excluding hydrogens is 360 g/mol. The third kappa shape index (κ3) is 3.50. The molecule has 7 heteroatoms. The number of hydrazine groups is 1. The molecule has 2 aromatic carbocycles. The standard InChI is InChI=1S/C20H22N4O2S/c1-3-14-10-8-9-13-16(14)21-18(27)23-24-17(25)20(4-2,22-19(24)26)15-11-6-5-7-12-15/h5-13H,3-4H2,1-2H3,(H,22,26)(H2,21,23,27)/t20-/m1/s1. The molecule has 1 atom stereocenters. The van der Waals surface area contributed by atoms with Crippen LogP contribution in [-0.4, -0.2) is 22.1 Å². The van der Waals surface area contributed by atoms with Gasteiger partial charge in [-0.2, -0.15) is 5.01 Å². The predicted octanol–water partition coefficient (Wildman–Crippen LogP) is 3.31. The fraction of sp³-hybridized carbons (Fsp3) is 0.250. The topological polar surface area (TPSA) is 73.5 Å². The van der Waals surface area contributed by atoms with Crippen LogP contribution < -0.4 is 16.1 Å². The second-order valence-electron chi connectivity index (χ2n) is 6.27. The lowest BCUT2D eigenvalue weighted by molar-refractivity contribution is -0.133. The maximum atomic E-state index is 13.1. The molecule has 1 aliphatic rings. The fourth-order valence-corrected chi connectivity index (χ4v) is 3.44. The molecule has 0 saturated carbocycles. The van der Waals surface area contributed by atoms with Crippen LogP contribution in [0.25, 0.3) is 0 Å². The number of rotatable bonds is 5. The summed E-state index contributed by atoms with van der Waals surface area (Å²) in [4.78, 5) is 25.6. The molecule has 0 aromatic heterocycles. The molecule has 1 heterocycles. The van der Waals surface area contributed by atoms with Crippen LogP contribution in [0.1, 0.15) is 31.4 Å². The number of amides is 3. The van der Waals surface area contributed by atoms with Gasteiger partial charge in [0.05, 0.1) is 0 Å². The van der Waals surface area contributed by atoms with E-state index in [1.54, 1.807) is 0 Å². The number of carbonyl (C=O) groups is 2. The molecule has 1 fully saturated rings. The summed E-state index contributed by atoms with van der Waals surface area (Å²) in [5, 5.41) is 7.00. The number of imide groups is 1. The van der Waals surface area contributed by atoms with Crippen molar-refractivity contribution in [1.29, 1.82) is 0 Å². The highest BCUT2D eigenvalue weighted by Crippen LogP contribution is 2.31. The van der Waals surface area contributed by atoms with Gasteiger partial charge < -0.3 is 10.6 Å². The molecule has 1 aliphatic heterocycles. The molecule has 3 rings (SSSR count). The van der Waals surface area contributed by atoms with Crippen molar-refractivity contribution in [3.63, 3.8) is 0 Å². The molecule has 27 heavy (non-hydrogen) atoms. The Morgan fingerprint density at radius 2 is 1.74 bits per heavy atom. The minimum absolute atomic E-state index is 0.180. The number of nitrogens with zero attached hydrogens (tertiary/aromatic N) is 1. The number of anilines is 1. The van der Waals surface area contributed by atoms with Crippen molar-refractivity contribution in [2.45, 2.75) is 32.2 Å². The highest BCUT2D eigenvalue weighted by molar-refractivity contribution is 7.80. The Labute approximate surface area is 163 Å². The highest BCUT2D eigenvalue weighted by atomic mass is 32.1. The molecule has 6 nitrogen and oxygen atoms in total. The summed E-state index contributed by atoms with van der Waals surface area (Å²) in [6.07, 6.45) is 1.26. The number of para-hydroxylation sites is 1. The fourth-order valence-electron chi connectivity index (χ4n) is 3.24. The van der Waals surface area contributed by atoms with Crippen molar-refractivity contribution in [1.82, 2.24) is 15.8 Å². The number of aryl methyl sites for hydroxylation is 1. The Kier molecular flexibility index (Phi) is 5.41. The van der Waals surface area contributed by atoms with Crippen LogP contribution in [0.3, 0.4) is 0 Å². The predicted molar refractivity (Wildman–Crippen MR) is 109 cm³/mol. The first-order chi connectivity index (χ1) is 13.0. The zero-order valence-electron chi connectivity index (χ0n) is 15.3. The summed E-state index contributed by atoms with van der Waals surface area (Å²) < 4.78 is 0. The number of hydrogen-bond donors (Lipinski definition) is 3. The van der Waals surface area contributed by atoms with Crippen molar-refractivity contribution in [3.05, 3.63) is 65.7 Å². The van der Waals surface area contributed by atoms with Crippen LogP contribution in [0.5, 0.6) is 0 Å². The smallest absolute Gasteiger partial charge is 0.331 e. The quantitative estimate of drug-likeness (QED) is 0.547. The Bertz CT molecular complexity index is 871. The minimum atomic E-state index is -1.09. The van der Waals surface area contributed by atoms with E-state index in [1.165, 1.54) is 0 Å². The summed E-state index contributed by atoms with van der Waals surface area (Å²) in [5.74, 6) is -0.380. The molecule has 140 valence electrons. The van der Waals surface area contributed by atoms with E-state index in [4.69, 9.17) is 12.2 Å². The van der Waals surface area contributed by atoms with Gasteiger partial charge in [-0.05, 0) is 42.3 Å². The van der Waals surface area contributed by atoms with E-state index in [9.17, 15) is 9.59 Å². The van der Waals surface area contributed by atoms with Crippen LogP contribution in [-0.2, 0) is 16.8 Å². The molecule has 0 aliphatic carbocycles. The number of urea groups is 1. The summed E-state index contributed by atoms with van der Waals surface area (Å²) >= 11 is 5.32. The second kappa shape index (κ2) is 7.75. The Morgan fingerprint density at radius 1 is 1.07 bits per heavy atom. The van der Waals surface area contributed by atoms with Gasteiger partial charge in [0.15, 0.2) is 5.11 Å². The SMILES string of the molecule is CCc1ccccc1NC(=S)NN1C(=O)N[C@](CC)(c2ccccc2)C1=O. The third-order valence-corrected chi connectivity index (χ3v) is 4.94. The zero-order chi connectivity index (χ0) is 19.4. The van der Waals surface area contributed by atoms with Gasteiger partial charge in [-0.25, -0.2) is 4.79 Å². The minimum Gasteiger partial charge on any atom is -0.331 e. The van der Waals surface area contributed by atoms with E-state index in [1.807, 2.05) is 68.4 Å². The first-order valence-electron chi connectivity index (χ1n) is 8.89. The number of thiocarbonyl (C=S) groups is 1. The summed E-state index contributed by atoms with van der Waals surface area (Å²) in [5.41, 5.74) is 4.31. The van der Waals surface area contributed by atoms with Crippen molar-refractivity contribution >= 4 is 35.0 Å². The van der Waals surface area contributed by atoms with Gasteiger partial charge in [0.25, 0.3) is 5.91 Å². The molecule has 1 saturated heterocycles. The normalized spacial score (nSPS) is 19.0. The second-order valence-corrected chi connectivity index (χ2v) is 6.68. The van der Waals surface area contributed by atoms with Crippen molar-refractivity contribution in [2.24, 2.45) is 0 Å². The molecule has 0 spiro atoms. The van der Waals surface area contributed by atoms with Crippen LogP contribution in [0.4, 0.5) is 10.5 Å². The average molecular weight is 382 g/mol. The Morgan fingerprint density at radius 3 is 2.41 bits per heavy atom. The summed E-state index contributed by atoms with van der Waals surface area (Å²) in [6.45, 7) is 3.91. The van der Waals surface area contributed by atoms with Crippen molar-refractivity contribution in [3.8, 4) is 0 Å². The van der Waals surface area contributed by atoms with E-state index >= 15 is 0 Å². The van der Waals surface area contributed by atoms with E-state index in [0.717, 1.165) is 28.2 Å². The van der Waals surface area contributed by atoms with Crippen molar-refractivity contribution in [2.75, 3.05) is 5.32 Å². The molecule has 3 N–H and O–H groups in total. The Hall–Kier alpha value is -2.93. The number of carbonyl (C=O) groups excluding carboxylic acids is 2. The molecule has 2 aromatic rings. The van der Waals surface area contributed by atoms with E-state index in [-0.39, 0.29) is 11.0 Å². The van der Waals surface area contributed by atoms with Crippen LogP contribution in [0, 0.1) is 0 Å². The van der Waals surface area contributed by atoms with Gasteiger partial charge in [-0.1, -0.05) is 62.4 Å². The lowest BCUT2D eigenvalue weighted by Crippen LogP contribution is -2.49. The van der Waals surface area contributed by atoms with Gasteiger partial charge in [-0.15, -0.1) is 0 Å². The van der Waals surface area contributed by atoms with Gasteiger partial charge in [-0.3, -0.25) is 10.2 Å². The van der Waals surface area contributed by atoms with Crippen LogP contribution >= 0.6 is 12.2 Å². The van der Waals surface area contributed by atoms with Crippen LogP contribution in [0.2, 0.25) is 0 Å². The van der Waals surface area contributed by atoms with Gasteiger partial charge in [0.2, 0.25) is 0 Å². The molecule has 0 radical (unpaired) electrons. The van der Waals surface area contributed by atoms with E-state index < -0.39 is 11.6 Å². The number of hydrogen-bond acceptors (Lipinski definition) is 3.